The van der Waals surface area contributed by atoms with Gasteiger partial charge in [-0.05, 0) is 23.6 Å². The molecule has 2 aromatic rings. The van der Waals surface area contributed by atoms with Crippen LogP contribution < -0.4 is 14.8 Å². The lowest BCUT2D eigenvalue weighted by Gasteiger charge is -2.22. The van der Waals surface area contributed by atoms with Crippen molar-refractivity contribution in [2.75, 3.05) is 12.4 Å². The molecule has 0 saturated carbocycles. The Morgan fingerprint density at radius 2 is 1.73 bits per heavy atom. The van der Waals surface area contributed by atoms with Gasteiger partial charge in [0.05, 0.1) is 18.3 Å². The number of nitrogens with one attached hydrogen (secondary N) is 1. The summed E-state index contributed by atoms with van der Waals surface area (Å²) < 4.78 is 11.0. The van der Waals surface area contributed by atoms with Crippen molar-refractivity contribution in [1.82, 2.24) is 0 Å². The fourth-order valence-corrected chi connectivity index (χ4v) is 3.43. The van der Waals surface area contributed by atoms with E-state index in [4.69, 9.17) is 9.47 Å². The van der Waals surface area contributed by atoms with Crippen LogP contribution >= 0.6 is 0 Å². The van der Waals surface area contributed by atoms with E-state index in [0.717, 1.165) is 5.56 Å². The minimum atomic E-state index is -0.513. The SMILES string of the molecule is COc1cc2c(c(C(C)(C)C)c1)OC(=O)C2=C1C(=O)Nc2ccccc21. The molecule has 0 fully saturated rings. The van der Waals surface area contributed by atoms with Gasteiger partial charge in [-0.2, -0.15) is 0 Å². The van der Waals surface area contributed by atoms with Crippen molar-refractivity contribution >= 4 is 28.7 Å². The summed E-state index contributed by atoms with van der Waals surface area (Å²) in [4.78, 5) is 25.4. The standard InChI is InChI=1S/C21H19NO4/c1-21(2,3)14-10-11(25-4)9-13-17(20(24)26-18(13)14)16-12-7-5-6-8-15(12)22-19(16)23/h5-10H,1-4H3,(H,22,23). The van der Waals surface area contributed by atoms with Crippen LogP contribution in [0.2, 0.25) is 0 Å². The third-order valence-corrected chi connectivity index (χ3v) is 4.70. The Morgan fingerprint density at radius 1 is 1.00 bits per heavy atom. The molecule has 0 unspecified atom stereocenters. The maximum absolute atomic E-state index is 12.8. The van der Waals surface area contributed by atoms with Gasteiger partial charge in [0.2, 0.25) is 0 Å². The topological polar surface area (TPSA) is 64.6 Å². The molecular weight excluding hydrogens is 330 g/mol. The molecule has 2 aromatic carbocycles. The minimum absolute atomic E-state index is 0.255. The summed E-state index contributed by atoms with van der Waals surface area (Å²) in [7, 11) is 1.58. The van der Waals surface area contributed by atoms with Crippen LogP contribution in [0.4, 0.5) is 5.69 Å². The summed E-state index contributed by atoms with van der Waals surface area (Å²) in [6, 6.07) is 11.0. The Balaban J connectivity index is 2.04. The van der Waals surface area contributed by atoms with E-state index in [1.165, 1.54) is 0 Å². The molecular formula is C21H19NO4. The Morgan fingerprint density at radius 3 is 2.42 bits per heavy atom. The van der Waals surface area contributed by atoms with Gasteiger partial charge in [-0.1, -0.05) is 39.0 Å². The number of esters is 1. The number of amides is 1. The number of methoxy groups -OCH3 is 1. The van der Waals surface area contributed by atoms with Crippen LogP contribution in [0.3, 0.4) is 0 Å². The zero-order valence-electron chi connectivity index (χ0n) is 15.1. The normalized spacial score (nSPS) is 18.3. The third-order valence-electron chi connectivity index (χ3n) is 4.70. The van der Waals surface area contributed by atoms with Gasteiger partial charge in [0.25, 0.3) is 5.91 Å². The summed E-state index contributed by atoms with van der Waals surface area (Å²) in [5.74, 6) is 0.312. The lowest BCUT2D eigenvalue weighted by molar-refractivity contribution is -0.127. The molecule has 5 nitrogen and oxygen atoms in total. The molecule has 0 radical (unpaired) electrons. The Kier molecular flexibility index (Phi) is 3.44. The van der Waals surface area contributed by atoms with Gasteiger partial charge in [0, 0.05) is 22.4 Å². The molecule has 2 aliphatic rings. The monoisotopic (exact) mass is 349 g/mol. The second-order valence-electron chi connectivity index (χ2n) is 7.44. The number of para-hydroxylation sites is 1. The molecule has 4 rings (SSSR count). The molecule has 1 N–H and O–H groups in total. The summed E-state index contributed by atoms with van der Waals surface area (Å²) in [5.41, 5.74) is 3.24. The fraction of sp³-hybridized carbons (Fsp3) is 0.238. The molecule has 0 aliphatic carbocycles. The molecule has 132 valence electrons. The van der Waals surface area contributed by atoms with Crippen molar-refractivity contribution in [1.29, 1.82) is 0 Å². The highest BCUT2D eigenvalue weighted by Gasteiger charge is 2.39. The quantitative estimate of drug-likeness (QED) is 0.483. The van der Waals surface area contributed by atoms with E-state index >= 15 is 0 Å². The van der Waals surface area contributed by atoms with E-state index in [1.54, 1.807) is 13.2 Å². The van der Waals surface area contributed by atoms with E-state index in [2.05, 4.69) is 5.32 Å². The first kappa shape index (κ1) is 16.4. The Bertz CT molecular complexity index is 996. The molecule has 0 atom stereocenters. The molecule has 0 saturated heterocycles. The van der Waals surface area contributed by atoms with E-state index in [0.29, 0.717) is 33.9 Å². The number of hydrogen-bond acceptors (Lipinski definition) is 4. The zero-order chi connectivity index (χ0) is 18.6. The lowest BCUT2D eigenvalue weighted by atomic mass is 9.84. The van der Waals surface area contributed by atoms with Gasteiger partial charge in [-0.15, -0.1) is 0 Å². The minimum Gasteiger partial charge on any atom is -0.497 e. The van der Waals surface area contributed by atoms with Crippen LogP contribution in [-0.4, -0.2) is 19.0 Å². The number of carbonyl (C=O) groups excluding carboxylic acids is 2. The van der Waals surface area contributed by atoms with Crippen molar-refractivity contribution in [2.45, 2.75) is 26.2 Å². The van der Waals surface area contributed by atoms with Gasteiger partial charge in [-0.3, -0.25) is 4.79 Å². The summed E-state index contributed by atoms with van der Waals surface area (Å²) in [6.07, 6.45) is 0. The van der Waals surface area contributed by atoms with E-state index in [1.807, 2.05) is 51.1 Å². The summed E-state index contributed by atoms with van der Waals surface area (Å²) in [6.45, 7) is 6.12. The molecule has 2 heterocycles. The Labute approximate surface area is 151 Å². The van der Waals surface area contributed by atoms with Crippen molar-refractivity contribution in [2.24, 2.45) is 0 Å². The fourth-order valence-electron chi connectivity index (χ4n) is 3.43. The second-order valence-corrected chi connectivity index (χ2v) is 7.44. The molecule has 5 heteroatoms. The predicted octanol–water partition coefficient (Wildman–Crippen LogP) is 3.77. The predicted molar refractivity (Wildman–Crippen MR) is 99.2 cm³/mol. The van der Waals surface area contributed by atoms with Crippen LogP contribution in [0.5, 0.6) is 11.5 Å². The average Bonchev–Trinajstić information content (AvgIpc) is 3.07. The highest BCUT2D eigenvalue weighted by atomic mass is 16.5. The van der Waals surface area contributed by atoms with Crippen molar-refractivity contribution in [3.63, 3.8) is 0 Å². The van der Waals surface area contributed by atoms with Crippen molar-refractivity contribution in [3.8, 4) is 11.5 Å². The lowest BCUT2D eigenvalue weighted by Crippen LogP contribution is -2.13. The van der Waals surface area contributed by atoms with Gasteiger partial charge >= 0.3 is 5.97 Å². The molecule has 0 spiro atoms. The summed E-state index contributed by atoms with van der Waals surface area (Å²) in [5, 5.41) is 2.81. The number of hydrogen-bond donors (Lipinski definition) is 1. The van der Waals surface area contributed by atoms with Gasteiger partial charge in [0.15, 0.2) is 0 Å². The van der Waals surface area contributed by atoms with E-state index in [-0.39, 0.29) is 16.9 Å². The maximum atomic E-state index is 12.8. The van der Waals surface area contributed by atoms with Crippen LogP contribution in [0.1, 0.15) is 37.5 Å². The number of carbonyl (C=O) groups is 2. The van der Waals surface area contributed by atoms with Crippen molar-refractivity contribution < 1.29 is 19.1 Å². The largest absolute Gasteiger partial charge is 0.497 e. The van der Waals surface area contributed by atoms with E-state index in [9.17, 15) is 9.59 Å². The highest BCUT2D eigenvalue weighted by molar-refractivity contribution is 6.45. The van der Waals surface area contributed by atoms with Crippen LogP contribution in [0.25, 0.3) is 11.1 Å². The first-order chi connectivity index (χ1) is 12.3. The van der Waals surface area contributed by atoms with Crippen LogP contribution in [0.15, 0.2) is 36.4 Å². The van der Waals surface area contributed by atoms with E-state index < -0.39 is 5.97 Å². The average molecular weight is 349 g/mol. The first-order valence-electron chi connectivity index (χ1n) is 8.41. The maximum Gasteiger partial charge on any atom is 0.345 e. The van der Waals surface area contributed by atoms with Gasteiger partial charge < -0.3 is 14.8 Å². The molecule has 26 heavy (non-hydrogen) atoms. The highest BCUT2D eigenvalue weighted by Crippen LogP contribution is 2.48. The molecule has 0 aromatic heterocycles. The second kappa shape index (κ2) is 5.46. The van der Waals surface area contributed by atoms with Crippen LogP contribution in [-0.2, 0) is 15.0 Å². The molecule has 1 amide bonds. The summed E-state index contributed by atoms with van der Waals surface area (Å²) >= 11 is 0. The zero-order valence-corrected chi connectivity index (χ0v) is 15.1. The number of benzene rings is 2. The third kappa shape index (κ3) is 2.31. The first-order valence-corrected chi connectivity index (χ1v) is 8.41. The van der Waals surface area contributed by atoms with Crippen molar-refractivity contribution in [3.05, 3.63) is 53.1 Å². The van der Waals surface area contributed by atoms with Gasteiger partial charge in [0.1, 0.15) is 11.5 Å². The Hall–Kier alpha value is -3.08. The number of rotatable bonds is 1. The number of fused-ring (bicyclic) bond motifs is 2. The number of ether oxygens (including phenoxy) is 2. The van der Waals surface area contributed by atoms with Crippen LogP contribution in [0, 0.1) is 0 Å². The molecule has 0 bridgehead atoms. The molecule has 2 aliphatic heterocycles. The smallest absolute Gasteiger partial charge is 0.345 e. The van der Waals surface area contributed by atoms with Gasteiger partial charge in [-0.25, -0.2) is 4.79 Å². The number of anilines is 1.